The van der Waals surface area contributed by atoms with Gasteiger partial charge in [0, 0.05) is 42.3 Å². The number of rotatable bonds is 5. The highest BCUT2D eigenvalue weighted by molar-refractivity contribution is 7.09. The van der Waals surface area contributed by atoms with E-state index in [-0.39, 0.29) is 5.91 Å². The molecule has 0 bridgehead atoms. The van der Waals surface area contributed by atoms with Gasteiger partial charge in [-0.1, -0.05) is 12.5 Å². The van der Waals surface area contributed by atoms with Crippen LogP contribution in [0.15, 0.2) is 41.8 Å². The van der Waals surface area contributed by atoms with E-state index in [1.54, 1.807) is 16.2 Å². The van der Waals surface area contributed by atoms with Crippen LogP contribution in [-0.4, -0.2) is 55.0 Å². The number of hydrogen-bond donors (Lipinski definition) is 0. The maximum atomic E-state index is 12.7. The molecule has 4 rings (SSSR count). The summed E-state index contributed by atoms with van der Waals surface area (Å²) in [4.78, 5) is 20.9. The van der Waals surface area contributed by atoms with Gasteiger partial charge in [0.15, 0.2) is 0 Å². The van der Waals surface area contributed by atoms with Crippen molar-refractivity contribution in [3.05, 3.63) is 52.2 Å². The summed E-state index contributed by atoms with van der Waals surface area (Å²) in [5.74, 6) is 0.0868. The molecule has 2 saturated heterocycles. The standard InChI is InChI=1S/C23H31N3OS/c1-24(18-22-6-5-17-28-22)23(27)19-7-9-20(10-8-19)26-15-11-21(12-16-26)25-13-3-2-4-14-25/h5-10,17,21H,2-4,11-16,18H2,1H3. The minimum Gasteiger partial charge on any atom is -0.371 e. The summed E-state index contributed by atoms with van der Waals surface area (Å²) in [7, 11) is 1.88. The van der Waals surface area contributed by atoms with Crippen LogP contribution in [0.2, 0.25) is 0 Å². The van der Waals surface area contributed by atoms with Crippen LogP contribution in [0.25, 0.3) is 0 Å². The Kier molecular flexibility index (Phi) is 6.33. The third kappa shape index (κ3) is 4.58. The van der Waals surface area contributed by atoms with E-state index in [1.165, 1.54) is 55.8 Å². The highest BCUT2D eigenvalue weighted by atomic mass is 32.1. The molecule has 0 N–H and O–H groups in total. The van der Waals surface area contributed by atoms with E-state index in [0.29, 0.717) is 6.54 Å². The van der Waals surface area contributed by atoms with Crippen molar-refractivity contribution < 1.29 is 4.79 Å². The molecule has 1 aromatic heterocycles. The van der Waals surface area contributed by atoms with E-state index in [0.717, 1.165) is 24.7 Å². The molecule has 5 heteroatoms. The minimum absolute atomic E-state index is 0.0868. The first-order valence-electron chi connectivity index (χ1n) is 10.6. The van der Waals surface area contributed by atoms with Crippen LogP contribution in [0.5, 0.6) is 0 Å². The van der Waals surface area contributed by atoms with Gasteiger partial charge in [-0.2, -0.15) is 0 Å². The first-order chi connectivity index (χ1) is 13.7. The number of hydrogen-bond acceptors (Lipinski definition) is 4. The van der Waals surface area contributed by atoms with Crippen LogP contribution in [0.4, 0.5) is 5.69 Å². The number of likely N-dealkylation sites (tertiary alicyclic amines) is 1. The second kappa shape index (κ2) is 9.10. The summed E-state index contributed by atoms with van der Waals surface area (Å²) in [6.07, 6.45) is 6.66. The summed E-state index contributed by atoms with van der Waals surface area (Å²) in [6, 6.07) is 13.1. The molecule has 0 spiro atoms. The van der Waals surface area contributed by atoms with Gasteiger partial charge in [0.2, 0.25) is 0 Å². The van der Waals surface area contributed by atoms with Crippen LogP contribution in [0, 0.1) is 0 Å². The molecule has 150 valence electrons. The van der Waals surface area contributed by atoms with Crippen molar-refractivity contribution >= 4 is 22.9 Å². The Balaban J connectivity index is 1.31. The highest BCUT2D eigenvalue weighted by Gasteiger charge is 2.25. The zero-order valence-corrected chi connectivity index (χ0v) is 17.7. The SMILES string of the molecule is CN(Cc1cccs1)C(=O)c1ccc(N2CCC(N3CCCCC3)CC2)cc1. The number of nitrogens with zero attached hydrogens (tertiary/aromatic N) is 3. The lowest BCUT2D eigenvalue weighted by molar-refractivity contribution is 0.0786. The molecular formula is C23H31N3OS. The highest BCUT2D eigenvalue weighted by Crippen LogP contribution is 2.25. The minimum atomic E-state index is 0.0868. The van der Waals surface area contributed by atoms with Crippen molar-refractivity contribution in [2.45, 2.75) is 44.7 Å². The van der Waals surface area contributed by atoms with Crippen LogP contribution in [-0.2, 0) is 6.54 Å². The second-order valence-electron chi connectivity index (χ2n) is 8.10. The number of carbonyl (C=O) groups excluding carboxylic acids is 1. The Hall–Kier alpha value is -1.85. The van der Waals surface area contributed by atoms with Gasteiger partial charge in [-0.3, -0.25) is 4.79 Å². The molecule has 2 fully saturated rings. The average Bonchev–Trinajstić information content (AvgIpc) is 3.27. The van der Waals surface area contributed by atoms with E-state index in [1.807, 2.05) is 25.2 Å². The number of benzene rings is 1. The molecule has 4 nitrogen and oxygen atoms in total. The maximum Gasteiger partial charge on any atom is 0.253 e. The predicted octanol–water partition coefficient (Wildman–Crippen LogP) is 4.48. The van der Waals surface area contributed by atoms with Gasteiger partial charge in [-0.05, 0) is 74.5 Å². The van der Waals surface area contributed by atoms with Crippen LogP contribution >= 0.6 is 11.3 Å². The summed E-state index contributed by atoms with van der Waals surface area (Å²) in [5.41, 5.74) is 2.01. The first kappa shape index (κ1) is 19.5. The molecule has 3 heterocycles. The molecule has 28 heavy (non-hydrogen) atoms. The van der Waals surface area contributed by atoms with Gasteiger partial charge in [0.25, 0.3) is 5.91 Å². The molecule has 2 aliphatic rings. The summed E-state index contributed by atoms with van der Waals surface area (Å²) in [5, 5.41) is 2.05. The van der Waals surface area contributed by atoms with Gasteiger partial charge in [0.1, 0.15) is 0 Å². The van der Waals surface area contributed by atoms with Crippen molar-refractivity contribution in [2.24, 2.45) is 0 Å². The third-order valence-corrected chi connectivity index (χ3v) is 7.03. The third-order valence-electron chi connectivity index (χ3n) is 6.17. The Bertz CT molecular complexity index is 745. The molecular weight excluding hydrogens is 366 g/mol. The summed E-state index contributed by atoms with van der Waals surface area (Å²) >= 11 is 1.69. The molecule has 0 aliphatic carbocycles. The smallest absolute Gasteiger partial charge is 0.253 e. The lowest BCUT2D eigenvalue weighted by atomic mass is 9.99. The number of anilines is 1. The quantitative estimate of drug-likeness (QED) is 0.744. The van der Waals surface area contributed by atoms with E-state index in [2.05, 4.69) is 33.4 Å². The van der Waals surface area contributed by atoms with Gasteiger partial charge in [0.05, 0.1) is 6.54 Å². The average molecular weight is 398 g/mol. The summed E-state index contributed by atoms with van der Waals surface area (Å²) in [6.45, 7) is 5.49. The fourth-order valence-corrected chi connectivity index (χ4v) is 5.27. The van der Waals surface area contributed by atoms with Gasteiger partial charge >= 0.3 is 0 Å². The van der Waals surface area contributed by atoms with Gasteiger partial charge in [-0.25, -0.2) is 0 Å². The van der Waals surface area contributed by atoms with Crippen molar-refractivity contribution in [1.82, 2.24) is 9.80 Å². The topological polar surface area (TPSA) is 26.8 Å². The van der Waals surface area contributed by atoms with E-state index < -0.39 is 0 Å². The largest absolute Gasteiger partial charge is 0.371 e. The number of piperidine rings is 2. The van der Waals surface area contributed by atoms with Crippen molar-refractivity contribution in [3.63, 3.8) is 0 Å². The molecule has 0 saturated carbocycles. The van der Waals surface area contributed by atoms with Crippen LogP contribution in [0.1, 0.15) is 47.3 Å². The fraction of sp³-hybridized carbons (Fsp3) is 0.522. The van der Waals surface area contributed by atoms with E-state index >= 15 is 0 Å². The summed E-state index contributed by atoms with van der Waals surface area (Å²) < 4.78 is 0. The monoisotopic (exact) mass is 397 g/mol. The molecule has 2 aliphatic heterocycles. The van der Waals surface area contributed by atoms with E-state index in [9.17, 15) is 4.79 Å². The number of thiophene rings is 1. The predicted molar refractivity (Wildman–Crippen MR) is 117 cm³/mol. The molecule has 1 aromatic carbocycles. The fourth-order valence-electron chi connectivity index (χ4n) is 4.52. The molecule has 0 radical (unpaired) electrons. The molecule has 0 atom stereocenters. The maximum absolute atomic E-state index is 12.7. The zero-order valence-electron chi connectivity index (χ0n) is 16.8. The lowest BCUT2D eigenvalue weighted by Gasteiger charge is -2.41. The lowest BCUT2D eigenvalue weighted by Crippen LogP contribution is -2.46. The second-order valence-corrected chi connectivity index (χ2v) is 9.13. The molecule has 1 amide bonds. The van der Waals surface area contributed by atoms with Crippen molar-refractivity contribution in [2.75, 3.05) is 38.1 Å². The Morgan fingerprint density at radius 3 is 2.39 bits per heavy atom. The molecule has 2 aromatic rings. The molecule has 0 unspecified atom stereocenters. The van der Waals surface area contributed by atoms with Gasteiger partial charge < -0.3 is 14.7 Å². The Morgan fingerprint density at radius 2 is 1.75 bits per heavy atom. The van der Waals surface area contributed by atoms with Crippen molar-refractivity contribution in [1.29, 1.82) is 0 Å². The number of carbonyl (C=O) groups is 1. The van der Waals surface area contributed by atoms with Crippen molar-refractivity contribution in [3.8, 4) is 0 Å². The van der Waals surface area contributed by atoms with Crippen LogP contribution < -0.4 is 4.90 Å². The Labute approximate surface area is 172 Å². The zero-order chi connectivity index (χ0) is 19.3. The Morgan fingerprint density at radius 1 is 1.04 bits per heavy atom. The number of amides is 1. The van der Waals surface area contributed by atoms with Crippen LogP contribution in [0.3, 0.4) is 0 Å². The van der Waals surface area contributed by atoms with E-state index in [4.69, 9.17) is 0 Å². The first-order valence-corrected chi connectivity index (χ1v) is 11.5. The normalized spacial score (nSPS) is 19.0. The van der Waals surface area contributed by atoms with Gasteiger partial charge in [-0.15, -0.1) is 11.3 Å².